The van der Waals surface area contributed by atoms with Gasteiger partial charge < -0.3 is 23.8 Å². The summed E-state index contributed by atoms with van der Waals surface area (Å²) in [6, 6.07) is 135. The highest BCUT2D eigenvalue weighted by Gasteiger charge is 2.54. The SMILES string of the molecule is [2H]c1c([2H])c([2H])c2c(c1[2H])c1c([2H])c(-c3ccccc3)c([2H])c([2H])c1n2-c1ccc2c(c1)N(c1ccc(-c3ccccc3)cc1-c1ccc3c(c1)C1(c4ccccc4O3)c3ccccc3-c3ccccc31)c1cc(C(C)(C)C)cc3c1B2c1ccc(-c2cc(C(C)(C)C)cc(C(C)(C)C)c2)cc1N3c1ccc(-c2ccccc2)cc1-c1ccc2c(c1)C1(c3ccccc3O2)c2ccccc2-c2ccccc21. The summed E-state index contributed by atoms with van der Waals surface area (Å²) in [7, 11) is 0. The maximum absolute atomic E-state index is 10.5. The first-order valence-corrected chi connectivity index (χ1v) is 46.7. The van der Waals surface area contributed by atoms with Crippen LogP contribution in [0.4, 0.5) is 34.1 Å². The van der Waals surface area contributed by atoms with Crippen molar-refractivity contribution in [1.29, 1.82) is 0 Å². The van der Waals surface area contributed by atoms with Gasteiger partial charge in [-0.3, -0.25) is 0 Å². The molecule has 0 saturated heterocycles. The third-order valence-electron chi connectivity index (χ3n) is 29.4. The Hall–Kier alpha value is -15.8. The molecular weight excluding hydrogens is 1620 g/mol. The van der Waals surface area contributed by atoms with Crippen LogP contribution in [0.2, 0.25) is 0 Å². The third-order valence-corrected chi connectivity index (χ3v) is 29.4. The number of hydrogen-bond donors (Lipinski definition) is 0. The summed E-state index contributed by atoms with van der Waals surface area (Å²) in [5.74, 6) is 3.12. The molecule has 2 spiro atoms. The molecule has 0 bridgehead atoms. The highest BCUT2D eigenvalue weighted by atomic mass is 16.5. The van der Waals surface area contributed by atoms with Gasteiger partial charge in [-0.05, 0) is 259 Å². The number of anilines is 6. The van der Waals surface area contributed by atoms with Gasteiger partial charge in [0.1, 0.15) is 23.0 Å². The van der Waals surface area contributed by atoms with E-state index < -0.39 is 35.0 Å². The van der Waals surface area contributed by atoms with Crippen LogP contribution in [-0.4, -0.2) is 11.3 Å². The number of nitrogens with zero attached hydrogens (tertiary/aromatic N) is 3. The summed E-state index contributed by atoms with van der Waals surface area (Å²) < 4.78 is 86.8. The molecule has 134 heavy (non-hydrogen) atoms. The van der Waals surface area contributed by atoms with E-state index in [0.29, 0.717) is 11.3 Å². The van der Waals surface area contributed by atoms with E-state index in [0.717, 1.165) is 179 Å². The molecule has 1 aromatic heterocycles. The molecule has 0 amide bonds. The number of rotatable bonds is 9. The summed E-state index contributed by atoms with van der Waals surface area (Å²) in [5, 5.41) is 0.242. The predicted molar refractivity (Wildman–Crippen MR) is 558 cm³/mol. The van der Waals surface area contributed by atoms with Crippen LogP contribution >= 0.6 is 0 Å². The molecule has 6 aliphatic rings. The monoisotopic (exact) mass is 1720 g/mol. The van der Waals surface area contributed by atoms with Gasteiger partial charge in [0.2, 0.25) is 0 Å². The molecule has 6 heteroatoms. The van der Waals surface area contributed by atoms with Crippen molar-refractivity contribution in [3.8, 4) is 118 Å². The molecule has 0 radical (unpaired) electrons. The third kappa shape index (κ3) is 11.8. The highest BCUT2D eigenvalue weighted by molar-refractivity contribution is 7.00. The van der Waals surface area contributed by atoms with Gasteiger partial charge in [0, 0.05) is 72.6 Å². The van der Waals surface area contributed by atoms with Gasteiger partial charge in [0.05, 0.1) is 42.8 Å². The van der Waals surface area contributed by atoms with E-state index in [-0.39, 0.29) is 68.4 Å². The van der Waals surface area contributed by atoms with E-state index in [1.807, 2.05) is 36.4 Å². The number of hydrogen-bond acceptors (Lipinski definition) is 4. The fourth-order valence-corrected chi connectivity index (χ4v) is 23.0. The summed E-state index contributed by atoms with van der Waals surface area (Å²) in [4.78, 5) is 5.07. The number of fused-ring (bicyclic) bond motifs is 25. The van der Waals surface area contributed by atoms with Crippen LogP contribution in [0.15, 0.2) is 418 Å². The second-order valence-corrected chi connectivity index (χ2v) is 40.0. The van der Waals surface area contributed by atoms with Gasteiger partial charge in [0.15, 0.2) is 0 Å². The normalized spacial score (nSPS) is 14.8. The van der Waals surface area contributed by atoms with Crippen molar-refractivity contribution >= 4 is 79.0 Å². The summed E-state index contributed by atoms with van der Waals surface area (Å²) in [5.41, 5.74) is 34.2. The Morgan fingerprint density at radius 3 is 1.11 bits per heavy atom. The van der Waals surface area contributed by atoms with Gasteiger partial charge in [-0.1, -0.05) is 372 Å². The minimum atomic E-state index is -0.843. The maximum Gasteiger partial charge on any atom is 0.252 e. The lowest BCUT2D eigenvalue weighted by atomic mass is 9.33. The molecule has 19 aromatic carbocycles. The lowest BCUT2D eigenvalue weighted by Crippen LogP contribution is -2.61. The van der Waals surface area contributed by atoms with Gasteiger partial charge in [0.25, 0.3) is 6.71 Å². The summed E-state index contributed by atoms with van der Waals surface area (Å²) in [6.07, 6.45) is 0. The lowest BCUT2D eigenvalue weighted by molar-refractivity contribution is 0.436. The average molecular weight is 1730 g/mol. The second-order valence-electron chi connectivity index (χ2n) is 40.0. The topological polar surface area (TPSA) is 29.9 Å². The Morgan fingerprint density at radius 1 is 0.254 bits per heavy atom. The van der Waals surface area contributed by atoms with Gasteiger partial charge in [-0.25, -0.2) is 0 Å². The Labute approximate surface area is 794 Å². The molecule has 2 aliphatic carbocycles. The van der Waals surface area contributed by atoms with Crippen LogP contribution < -0.4 is 35.7 Å². The molecule has 5 nitrogen and oxygen atoms in total. The van der Waals surface area contributed by atoms with Crippen LogP contribution in [0.1, 0.15) is 133 Å². The zero-order chi connectivity index (χ0) is 96.1. The van der Waals surface area contributed by atoms with Gasteiger partial charge in [-0.15, -0.1) is 0 Å². The van der Waals surface area contributed by atoms with E-state index in [4.69, 9.17) is 9.47 Å². The van der Waals surface area contributed by atoms with E-state index in [2.05, 4.69) is 412 Å². The van der Waals surface area contributed by atoms with Crippen molar-refractivity contribution in [3.63, 3.8) is 0 Å². The summed E-state index contributed by atoms with van der Waals surface area (Å²) >= 11 is 0. The summed E-state index contributed by atoms with van der Waals surface area (Å²) in [6.45, 7) is 20.2. The minimum Gasteiger partial charge on any atom is -0.457 e. The fraction of sp³-hybridized carbons (Fsp3) is 0.109. The number of aromatic nitrogens is 1. The first kappa shape index (κ1) is 72.0. The molecule has 0 fully saturated rings. The number of para-hydroxylation sites is 3. The molecule has 0 atom stereocenters. The van der Waals surface area contributed by atoms with E-state index in [9.17, 15) is 9.60 Å². The maximum atomic E-state index is 10.5. The highest BCUT2D eigenvalue weighted by Crippen LogP contribution is 2.66. The van der Waals surface area contributed by atoms with E-state index in [1.54, 1.807) is 4.57 Å². The first-order chi connectivity index (χ1) is 68.2. The molecule has 4 aliphatic heterocycles. The van der Waals surface area contributed by atoms with Crippen LogP contribution in [0, 0.1) is 0 Å². The van der Waals surface area contributed by atoms with Crippen molar-refractivity contribution < 1.29 is 19.1 Å². The lowest BCUT2D eigenvalue weighted by Gasteiger charge is -2.46. The largest absolute Gasteiger partial charge is 0.457 e. The standard InChI is InChI=1S/C128H96BN3O2/c1-124(2,3)89-67-88(68-90(75-89)125(4,5)6)85-53-60-109-115(74-85)131(112-62-54-82(79-33-13-10-14-34-79)69-98(112)86-57-65-121-107(72-86)127(105-48-28-31-51-119(105)133-121)101-44-24-19-39-93(101)94-40-20-25-45-102(94)127)117-76-91(126(7,8)9)77-118-123(117)129(109)110-61-59-92(130-111-50-30-23-43-97(111)100-71-84(56-64-114(100)130)81-37-17-12-18-38-81)78-116(110)132(118)113-63-55-83(80-35-15-11-16-36-80)70-99(113)87-58-66-122-108(73-87)128(106-49-29-32-52-120(106)134-122)103-46-26-21-41-95(103)96-42-22-27-47-104(96)128/h10-78H,1-9H3/i23D,30D,43D,50D,56D,64D,71D. The van der Waals surface area contributed by atoms with Crippen molar-refractivity contribution in [3.05, 3.63) is 480 Å². The van der Waals surface area contributed by atoms with Crippen molar-refractivity contribution in [2.45, 2.75) is 89.4 Å². The average Bonchev–Trinajstić information content (AvgIpc) is 1.53. The second kappa shape index (κ2) is 29.4. The molecule has 0 unspecified atom stereocenters. The first-order valence-electron chi connectivity index (χ1n) is 50.2. The van der Waals surface area contributed by atoms with Crippen molar-refractivity contribution in [1.82, 2.24) is 4.57 Å². The van der Waals surface area contributed by atoms with Crippen molar-refractivity contribution in [2.24, 2.45) is 0 Å². The smallest absolute Gasteiger partial charge is 0.252 e. The van der Waals surface area contributed by atoms with E-state index >= 15 is 0 Å². The van der Waals surface area contributed by atoms with Crippen LogP contribution in [0.5, 0.6) is 23.0 Å². The van der Waals surface area contributed by atoms with Crippen LogP contribution in [0.25, 0.3) is 117 Å². The molecule has 638 valence electrons. The quantitative estimate of drug-likeness (QED) is 0.135. The van der Waals surface area contributed by atoms with Gasteiger partial charge in [-0.2, -0.15) is 0 Å². The fourth-order valence-electron chi connectivity index (χ4n) is 23.0. The minimum absolute atomic E-state index is 0.0899. The Kier molecular flexibility index (Phi) is 15.8. The van der Waals surface area contributed by atoms with E-state index in [1.165, 1.54) is 33.4 Å². The molecule has 0 saturated carbocycles. The zero-order valence-corrected chi connectivity index (χ0v) is 76.0. The Bertz CT molecular complexity index is 8680. The Balaban J connectivity index is 0.799. The van der Waals surface area contributed by atoms with Gasteiger partial charge >= 0.3 is 0 Å². The number of benzene rings is 19. The molecule has 5 heterocycles. The zero-order valence-electron chi connectivity index (χ0n) is 83.0. The molecular formula is C128H96BN3O2. The van der Waals surface area contributed by atoms with Crippen molar-refractivity contribution in [2.75, 3.05) is 9.80 Å². The van der Waals surface area contributed by atoms with Crippen LogP contribution in [0.3, 0.4) is 0 Å². The predicted octanol–water partition coefficient (Wildman–Crippen LogP) is 31.7. The number of ether oxygens (including phenoxy) is 2. The molecule has 0 N–H and O–H groups in total. The molecule has 26 rings (SSSR count). The van der Waals surface area contributed by atoms with Crippen LogP contribution in [-0.2, 0) is 27.1 Å². The molecule has 20 aromatic rings. The Morgan fingerprint density at radius 2 is 0.634 bits per heavy atom.